The van der Waals surface area contributed by atoms with E-state index in [1.54, 1.807) is 0 Å². The molecule has 3 nitrogen and oxygen atoms in total. The lowest BCUT2D eigenvalue weighted by atomic mass is 9.92. The van der Waals surface area contributed by atoms with Crippen molar-refractivity contribution in [2.75, 3.05) is 12.1 Å². The highest BCUT2D eigenvalue weighted by Crippen LogP contribution is 2.33. The summed E-state index contributed by atoms with van der Waals surface area (Å²) in [5, 5.41) is 1.18. The van der Waals surface area contributed by atoms with Crippen LogP contribution in [-0.4, -0.2) is 11.6 Å². The first kappa shape index (κ1) is 12.4. The van der Waals surface area contributed by atoms with Crippen molar-refractivity contribution in [3.63, 3.8) is 0 Å². The van der Waals surface area contributed by atoms with Gasteiger partial charge in [0.1, 0.15) is 0 Å². The molecule has 1 aromatic carbocycles. The Balaban J connectivity index is 2.21. The lowest BCUT2D eigenvalue weighted by molar-refractivity contribution is 0.210. The van der Waals surface area contributed by atoms with Crippen molar-refractivity contribution >= 4 is 16.6 Å². The van der Waals surface area contributed by atoms with Gasteiger partial charge < -0.3 is 0 Å². The molecule has 0 saturated heterocycles. The van der Waals surface area contributed by atoms with Crippen LogP contribution in [0.2, 0.25) is 0 Å². The largest absolute Gasteiger partial charge is 0.276 e. The molecule has 3 heteroatoms. The van der Waals surface area contributed by atoms with Gasteiger partial charge in [-0.15, -0.1) is 0 Å². The molecule has 100 valence electrons. The Hall–Kier alpha value is -1.61. The lowest BCUT2D eigenvalue weighted by Gasteiger charge is -2.21. The van der Waals surface area contributed by atoms with Gasteiger partial charge in [0, 0.05) is 11.1 Å². The molecule has 1 N–H and O–H groups in total. The van der Waals surface area contributed by atoms with Crippen molar-refractivity contribution in [1.82, 2.24) is 4.98 Å². The topological polar surface area (TPSA) is 34.1 Å². The fraction of sp³-hybridized carbons (Fsp3) is 0.438. The van der Waals surface area contributed by atoms with Crippen molar-refractivity contribution in [1.29, 1.82) is 0 Å². The molecule has 0 spiro atoms. The first-order valence-corrected chi connectivity index (χ1v) is 7.09. The molecule has 1 aromatic heterocycles. The van der Waals surface area contributed by atoms with Gasteiger partial charge in [0.15, 0.2) is 0 Å². The van der Waals surface area contributed by atoms with E-state index in [0.717, 1.165) is 24.0 Å². The van der Waals surface area contributed by atoms with Gasteiger partial charge in [0.25, 0.3) is 0 Å². The number of rotatable bonds is 3. The molecule has 0 atom stereocenters. The SMILES string of the molecule is CCONc1c2c(nc3ccc(C)cc13)CCCC2. The van der Waals surface area contributed by atoms with E-state index in [9.17, 15) is 0 Å². The van der Waals surface area contributed by atoms with Crippen LogP contribution in [0.25, 0.3) is 10.9 Å². The molecule has 2 aromatic rings. The molecule has 0 radical (unpaired) electrons. The summed E-state index contributed by atoms with van der Waals surface area (Å²) >= 11 is 0. The van der Waals surface area contributed by atoms with E-state index in [0.29, 0.717) is 6.61 Å². The number of benzene rings is 1. The van der Waals surface area contributed by atoms with Gasteiger partial charge in [-0.05, 0) is 57.2 Å². The van der Waals surface area contributed by atoms with Gasteiger partial charge in [-0.25, -0.2) is 0 Å². The molecular formula is C16H20N2O. The zero-order chi connectivity index (χ0) is 13.2. The highest BCUT2D eigenvalue weighted by Gasteiger charge is 2.18. The molecule has 19 heavy (non-hydrogen) atoms. The molecule has 1 heterocycles. The van der Waals surface area contributed by atoms with Gasteiger partial charge in [-0.2, -0.15) is 0 Å². The summed E-state index contributed by atoms with van der Waals surface area (Å²) in [5.41, 5.74) is 9.19. The van der Waals surface area contributed by atoms with E-state index in [1.165, 1.54) is 35.0 Å². The maximum Gasteiger partial charge on any atom is 0.0748 e. The number of fused-ring (bicyclic) bond motifs is 2. The first-order chi connectivity index (χ1) is 9.29. The Labute approximate surface area is 113 Å². The molecule has 0 saturated carbocycles. The minimum Gasteiger partial charge on any atom is -0.276 e. The number of anilines is 1. The Morgan fingerprint density at radius 1 is 1.26 bits per heavy atom. The third kappa shape index (κ3) is 2.30. The van der Waals surface area contributed by atoms with Crippen LogP contribution in [0.5, 0.6) is 0 Å². The number of aryl methyl sites for hydroxylation is 2. The summed E-state index contributed by atoms with van der Waals surface area (Å²) in [4.78, 5) is 10.3. The standard InChI is InChI=1S/C16H20N2O/c1-3-19-18-16-12-6-4-5-7-14(12)17-15-9-8-11(2)10-13(15)16/h8-10H,3-7H2,1-2H3,(H,17,18). The van der Waals surface area contributed by atoms with E-state index in [-0.39, 0.29) is 0 Å². The predicted octanol–water partition coefficient (Wildman–Crippen LogP) is 3.79. The average molecular weight is 256 g/mol. The Morgan fingerprint density at radius 2 is 2.11 bits per heavy atom. The van der Waals surface area contributed by atoms with Crippen molar-refractivity contribution in [2.24, 2.45) is 0 Å². The third-order valence-electron chi connectivity index (χ3n) is 3.74. The van der Waals surface area contributed by atoms with E-state index in [1.807, 2.05) is 6.92 Å². The summed E-state index contributed by atoms with van der Waals surface area (Å²) in [6, 6.07) is 6.42. The van der Waals surface area contributed by atoms with E-state index in [4.69, 9.17) is 9.82 Å². The normalized spacial score (nSPS) is 14.4. The van der Waals surface area contributed by atoms with E-state index < -0.39 is 0 Å². The molecule has 3 rings (SSSR count). The molecule has 1 aliphatic carbocycles. The zero-order valence-corrected chi connectivity index (χ0v) is 11.6. The maximum atomic E-state index is 5.46. The number of hydrogen-bond donors (Lipinski definition) is 1. The van der Waals surface area contributed by atoms with Crippen LogP contribution in [0.15, 0.2) is 18.2 Å². The van der Waals surface area contributed by atoms with Crippen LogP contribution in [0.1, 0.15) is 36.6 Å². The number of nitrogens with zero attached hydrogens (tertiary/aromatic N) is 1. The van der Waals surface area contributed by atoms with E-state index >= 15 is 0 Å². The van der Waals surface area contributed by atoms with Crippen LogP contribution in [0, 0.1) is 6.92 Å². The summed E-state index contributed by atoms with van der Waals surface area (Å²) in [7, 11) is 0. The van der Waals surface area contributed by atoms with E-state index in [2.05, 4.69) is 30.6 Å². The molecule has 0 fully saturated rings. The highest BCUT2D eigenvalue weighted by atomic mass is 16.6. The van der Waals surface area contributed by atoms with Crippen LogP contribution in [0.4, 0.5) is 5.69 Å². The first-order valence-electron chi connectivity index (χ1n) is 7.09. The van der Waals surface area contributed by atoms with Crippen molar-refractivity contribution < 1.29 is 4.84 Å². The maximum absolute atomic E-state index is 5.46. The van der Waals surface area contributed by atoms with Gasteiger partial charge in [0.2, 0.25) is 0 Å². The number of pyridine rings is 1. The predicted molar refractivity (Wildman–Crippen MR) is 78.4 cm³/mol. The zero-order valence-electron chi connectivity index (χ0n) is 11.6. The number of hydrogen-bond acceptors (Lipinski definition) is 3. The smallest absolute Gasteiger partial charge is 0.0748 e. The van der Waals surface area contributed by atoms with Gasteiger partial charge in [0.05, 0.1) is 17.8 Å². The summed E-state index contributed by atoms with van der Waals surface area (Å²) in [6.45, 7) is 4.77. The second kappa shape index (κ2) is 5.17. The Kier molecular flexibility index (Phi) is 3.38. The van der Waals surface area contributed by atoms with Crippen LogP contribution in [0.3, 0.4) is 0 Å². The highest BCUT2D eigenvalue weighted by molar-refractivity contribution is 5.93. The fourth-order valence-electron chi connectivity index (χ4n) is 2.80. The monoisotopic (exact) mass is 256 g/mol. The minimum atomic E-state index is 0.657. The Bertz CT molecular complexity index is 607. The number of nitrogens with one attached hydrogen (secondary N) is 1. The molecule has 0 aliphatic heterocycles. The van der Waals surface area contributed by atoms with Crippen molar-refractivity contribution in [2.45, 2.75) is 39.5 Å². The summed E-state index contributed by atoms with van der Waals surface area (Å²) in [5.74, 6) is 0. The Morgan fingerprint density at radius 3 is 2.95 bits per heavy atom. The molecule has 0 unspecified atom stereocenters. The van der Waals surface area contributed by atoms with Gasteiger partial charge in [-0.3, -0.25) is 15.3 Å². The second-order valence-corrected chi connectivity index (χ2v) is 5.17. The number of aromatic nitrogens is 1. The fourth-order valence-corrected chi connectivity index (χ4v) is 2.80. The van der Waals surface area contributed by atoms with Crippen LogP contribution < -0.4 is 5.48 Å². The van der Waals surface area contributed by atoms with Gasteiger partial charge in [-0.1, -0.05) is 11.6 Å². The molecule has 1 aliphatic rings. The van der Waals surface area contributed by atoms with Crippen molar-refractivity contribution in [3.8, 4) is 0 Å². The third-order valence-corrected chi connectivity index (χ3v) is 3.74. The van der Waals surface area contributed by atoms with Crippen molar-refractivity contribution in [3.05, 3.63) is 35.0 Å². The van der Waals surface area contributed by atoms with Gasteiger partial charge >= 0.3 is 0 Å². The van der Waals surface area contributed by atoms with Crippen LogP contribution in [-0.2, 0) is 17.7 Å². The minimum absolute atomic E-state index is 0.657. The second-order valence-electron chi connectivity index (χ2n) is 5.17. The summed E-state index contributed by atoms with van der Waals surface area (Å²) < 4.78 is 0. The molecular weight excluding hydrogens is 236 g/mol. The molecule has 0 bridgehead atoms. The lowest BCUT2D eigenvalue weighted by Crippen LogP contribution is -2.12. The molecule has 0 amide bonds. The summed E-state index contributed by atoms with van der Waals surface area (Å²) in [6.07, 6.45) is 4.67. The quantitative estimate of drug-likeness (QED) is 0.848. The average Bonchev–Trinajstić information content (AvgIpc) is 2.44. The van der Waals surface area contributed by atoms with Crippen LogP contribution >= 0.6 is 0 Å².